The monoisotopic (exact) mass is 543 g/mol. The zero-order chi connectivity index (χ0) is 21.6. The number of nitrogens with zero attached hydrogens (tertiary/aromatic N) is 2. The van der Waals surface area contributed by atoms with E-state index in [1.807, 2.05) is 37.3 Å². The molecule has 3 N–H and O–H groups in total. The van der Waals surface area contributed by atoms with E-state index >= 15 is 0 Å². The summed E-state index contributed by atoms with van der Waals surface area (Å²) in [6.45, 7) is 5.06. The Morgan fingerprint density at radius 2 is 1.68 bits per heavy atom. The summed E-state index contributed by atoms with van der Waals surface area (Å²) in [6.07, 6.45) is 3.85. The summed E-state index contributed by atoms with van der Waals surface area (Å²) in [4.78, 5) is 8.93. The molecule has 0 amide bonds. The average Bonchev–Trinajstić information content (AvgIpc) is 2.79. The highest BCUT2D eigenvalue weighted by Gasteiger charge is 2.13. The number of aromatic nitrogens is 1. The minimum Gasteiger partial charge on any atom is -0.493 e. The number of unbranched alkanes of at least 4 members (excludes halogenated alkanes) is 1. The summed E-state index contributed by atoms with van der Waals surface area (Å²) >= 11 is 0. The molecule has 0 aliphatic carbocycles. The number of benzene rings is 1. The van der Waals surface area contributed by atoms with Gasteiger partial charge in [0, 0.05) is 25.8 Å². The second-order valence-corrected chi connectivity index (χ2v) is 6.50. The van der Waals surface area contributed by atoms with Crippen molar-refractivity contribution in [3.05, 3.63) is 42.1 Å². The van der Waals surface area contributed by atoms with E-state index in [2.05, 4.69) is 25.9 Å². The van der Waals surface area contributed by atoms with Crippen molar-refractivity contribution in [2.45, 2.75) is 26.3 Å². The normalized spacial score (nSPS) is 10.6. The number of aliphatic imine (C=N–C) groups is 1. The zero-order valence-electron chi connectivity index (χ0n) is 18.7. The molecule has 0 aliphatic rings. The fourth-order valence-electron chi connectivity index (χ4n) is 2.88. The van der Waals surface area contributed by atoms with Crippen LogP contribution >= 0.6 is 24.0 Å². The first-order valence-electron chi connectivity index (χ1n) is 10.2. The quantitative estimate of drug-likeness (QED) is 0.163. The van der Waals surface area contributed by atoms with Crippen LogP contribution in [0.15, 0.2) is 41.5 Å². The van der Waals surface area contributed by atoms with Gasteiger partial charge in [-0.2, -0.15) is 0 Å². The van der Waals surface area contributed by atoms with Gasteiger partial charge in [0.15, 0.2) is 17.5 Å². The molecule has 31 heavy (non-hydrogen) atoms. The largest absolute Gasteiger partial charge is 0.493 e. The fraction of sp³-hybridized carbons (Fsp3) is 0.455. The van der Waals surface area contributed by atoms with Gasteiger partial charge in [0.05, 0.1) is 27.9 Å². The van der Waals surface area contributed by atoms with Crippen LogP contribution in [0.2, 0.25) is 0 Å². The lowest BCUT2D eigenvalue weighted by atomic mass is 10.2. The van der Waals surface area contributed by atoms with Gasteiger partial charge in [0.2, 0.25) is 5.75 Å². The SMILES string of the molecule is CCNC(=NCc1cc(OC)c(OC)c(OC)c1)NCCCCNc1ccccn1.I. The van der Waals surface area contributed by atoms with Crippen LogP contribution in [0, 0.1) is 0 Å². The molecule has 0 unspecified atom stereocenters. The molecule has 0 atom stereocenters. The van der Waals surface area contributed by atoms with Crippen molar-refractivity contribution in [2.75, 3.05) is 46.3 Å². The summed E-state index contributed by atoms with van der Waals surface area (Å²) in [5.41, 5.74) is 0.973. The van der Waals surface area contributed by atoms with Crippen molar-refractivity contribution in [3.8, 4) is 17.2 Å². The molecule has 1 aromatic heterocycles. The van der Waals surface area contributed by atoms with Crippen LogP contribution in [0.4, 0.5) is 5.82 Å². The molecular formula is C22H34IN5O3. The van der Waals surface area contributed by atoms with E-state index in [-0.39, 0.29) is 24.0 Å². The first-order chi connectivity index (χ1) is 14.7. The summed E-state index contributed by atoms with van der Waals surface area (Å²) in [6, 6.07) is 9.69. The van der Waals surface area contributed by atoms with E-state index in [4.69, 9.17) is 14.2 Å². The molecule has 0 radical (unpaired) electrons. The molecule has 2 aromatic rings. The van der Waals surface area contributed by atoms with Gasteiger partial charge in [-0.25, -0.2) is 9.98 Å². The molecule has 8 nitrogen and oxygen atoms in total. The molecule has 0 spiro atoms. The van der Waals surface area contributed by atoms with Crippen LogP contribution in [0.25, 0.3) is 0 Å². The number of methoxy groups -OCH3 is 3. The summed E-state index contributed by atoms with van der Waals surface area (Å²) in [5, 5.41) is 9.97. The van der Waals surface area contributed by atoms with Crippen LogP contribution in [0.5, 0.6) is 17.2 Å². The standard InChI is InChI=1S/C22H33N5O3.HI/c1-5-23-22(26-13-9-8-12-25-20-10-6-7-11-24-20)27-16-17-14-18(28-2)21(30-4)19(15-17)29-3;/h6-7,10-11,14-15H,5,8-9,12-13,16H2,1-4H3,(H,24,25)(H2,23,26,27);1H. The number of anilines is 1. The number of halogens is 1. The number of hydrogen-bond acceptors (Lipinski definition) is 6. The molecule has 9 heteroatoms. The highest BCUT2D eigenvalue weighted by Crippen LogP contribution is 2.38. The Hall–Kier alpha value is -2.43. The zero-order valence-corrected chi connectivity index (χ0v) is 21.1. The summed E-state index contributed by atoms with van der Waals surface area (Å²) in [7, 11) is 4.81. The molecular weight excluding hydrogens is 509 g/mol. The van der Waals surface area contributed by atoms with Gasteiger partial charge in [0.25, 0.3) is 0 Å². The number of guanidine groups is 1. The Morgan fingerprint density at radius 1 is 0.968 bits per heavy atom. The van der Waals surface area contributed by atoms with Gasteiger partial charge in [0.1, 0.15) is 5.82 Å². The lowest BCUT2D eigenvalue weighted by Crippen LogP contribution is -2.37. The van der Waals surface area contributed by atoms with E-state index < -0.39 is 0 Å². The Kier molecular flexibility index (Phi) is 13.2. The Bertz CT molecular complexity index is 765. The number of hydrogen-bond donors (Lipinski definition) is 3. The van der Waals surface area contributed by atoms with Crippen molar-refractivity contribution >= 4 is 35.8 Å². The first kappa shape index (κ1) is 26.6. The first-order valence-corrected chi connectivity index (χ1v) is 10.2. The lowest BCUT2D eigenvalue weighted by Gasteiger charge is -2.14. The number of nitrogens with one attached hydrogen (secondary N) is 3. The second kappa shape index (κ2) is 15.4. The Balaban J connectivity index is 0.00000480. The maximum Gasteiger partial charge on any atom is 0.203 e. The van der Waals surface area contributed by atoms with Gasteiger partial charge in [-0.15, -0.1) is 24.0 Å². The molecule has 0 saturated carbocycles. The predicted octanol–water partition coefficient (Wildman–Crippen LogP) is 3.67. The third-order valence-corrected chi connectivity index (χ3v) is 4.36. The van der Waals surface area contributed by atoms with Crippen LogP contribution in [0.3, 0.4) is 0 Å². The summed E-state index contributed by atoms with van der Waals surface area (Å²) in [5.74, 6) is 3.52. The highest BCUT2D eigenvalue weighted by atomic mass is 127. The minimum atomic E-state index is 0. The third kappa shape index (κ3) is 9.07. The van der Waals surface area contributed by atoms with Crippen molar-refractivity contribution in [1.82, 2.24) is 15.6 Å². The molecule has 172 valence electrons. The van der Waals surface area contributed by atoms with Gasteiger partial charge < -0.3 is 30.2 Å². The number of pyridine rings is 1. The second-order valence-electron chi connectivity index (χ2n) is 6.50. The molecule has 0 aliphatic heterocycles. The Morgan fingerprint density at radius 3 is 2.26 bits per heavy atom. The van der Waals surface area contributed by atoms with Gasteiger partial charge >= 0.3 is 0 Å². The Labute approximate surface area is 202 Å². The number of ether oxygens (including phenoxy) is 3. The molecule has 0 fully saturated rings. The van der Waals surface area contributed by atoms with Crippen molar-refractivity contribution in [2.24, 2.45) is 4.99 Å². The van der Waals surface area contributed by atoms with Crippen LogP contribution in [-0.4, -0.2) is 51.9 Å². The summed E-state index contributed by atoms with van der Waals surface area (Å²) < 4.78 is 16.2. The van der Waals surface area contributed by atoms with Gasteiger partial charge in [-0.05, 0) is 49.6 Å². The van der Waals surface area contributed by atoms with E-state index in [0.717, 1.165) is 49.8 Å². The minimum absolute atomic E-state index is 0. The van der Waals surface area contributed by atoms with Crippen molar-refractivity contribution in [3.63, 3.8) is 0 Å². The van der Waals surface area contributed by atoms with Crippen molar-refractivity contribution in [1.29, 1.82) is 0 Å². The highest BCUT2D eigenvalue weighted by molar-refractivity contribution is 14.0. The average molecular weight is 543 g/mol. The molecule has 1 aromatic carbocycles. The van der Waals surface area contributed by atoms with Gasteiger partial charge in [-0.3, -0.25) is 0 Å². The predicted molar refractivity (Wildman–Crippen MR) is 136 cm³/mol. The number of rotatable bonds is 12. The maximum absolute atomic E-state index is 5.41. The van der Waals surface area contributed by atoms with Crippen LogP contribution in [0.1, 0.15) is 25.3 Å². The smallest absolute Gasteiger partial charge is 0.203 e. The van der Waals surface area contributed by atoms with E-state index in [0.29, 0.717) is 23.8 Å². The molecule has 0 bridgehead atoms. The van der Waals surface area contributed by atoms with Crippen LogP contribution in [-0.2, 0) is 6.54 Å². The third-order valence-electron chi connectivity index (χ3n) is 4.36. The fourth-order valence-corrected chi connectivity index (χ4v) is 2.88. The lowest BCUT2D eigenvalue weighted by molar-refractivity contribution is 0.324. The van der Waals surface area contributed by atoms with E-state index in [1.165, 1.54) is 0 Å². The van der Waals surface area contributed by atoms with E-state index in [1.54, 1.807) is 27.5 Å². The van der Waals surface area contributed by atoms with E-state index in [9.17, 15) is 0 Å². The molecule has 1 heterocycles. The van der Waals surface area contributed by atoms with Gasteiger partial charge in [-0.1, -0.05) is 6.07 Å². The van der Waals surface area contributed by atoms with Crippen LogP contribution < -0.4 is 30.2 Å². The maximum atomic E-state index is 5.41. The molecule has 2 rings (SSSR count). The van der Waals surface area contributed by atoms with Crippen molar-refractivity contribution < 1.29 is 14.2 Å². The molecule has 0 saturated heterocycles. The topological polar surface area (TPSA) is 89.0 Å².